The van der Waals surface area contributed by atoms with Gasteiger partial charge >= 0.3 is 6.18 Å². The predicted molar refractivity (Wildman–Crippen MR) is 79.5 cm³/mol. The van der Waals surface area contributed by atoms with Gasteiger partial charge in [-0.25, -0.2) is 0 Å². The van der Waals surface area contributed by atoms with Crippen molar-refractivity contribution in [3.63, 3.8) is 0 Å². The van der Waals surface area contributed by atoms with Crippen molar-refractivity contribution in [2.75, 3.05) is 17.3 Å². The van der Waals surface area contributed by atoms with Gasteiger partial charge in [0.25, 0.3) is 0 Å². The molecule has 0 atom stereocenters. The number of rotatable bonds is 5. The van der Waals surface area contributed by atoms with Crippen molar-refractivity contribution < 1.29 is 13.2 Å². The van der Waals surface area contributed by atoms with Crippen molar-refractivity contribution >= 4 is 33.2 Å². The average molecular weight is 371 g/mol. The highest BCUT2D eigenvalue weighted by Crippen LogP contribution is 2.38. The zero-order valence-corrected chi connectivity index (χ0v) is 13.2. The predicted octanol–water partition coefficient (Wildman–Crippen LogP) is 5.46. The molecule has 2 rings (SSSR count). The molecule has 6 heteroatoms. The number of alkyl halides is 4. The molecular weight excluding hydrogens is 355 g/mol. The second kappa shape index (κ2) is 6.56. The van der Waals surface area contributed by atoms with Gasteiger partial charge in [0.2, 0.25) is 0 Å². The number of anilines is 1. The molecule has 0 saturated heterocycles. The molecule has 20 heavy (non-hydrogen) atoms. The monoisotopic (exact) mass is 369 g/mol. The lowest BCUT2D eigenvalue weighted by Gasteiger charge is -2.40. The third-order valence-electron chi connectivity index (χ3n) is 3.63. The lowest BCUT2D eigenvalue weighted by atomic mass is 9.91. The molecule has 1 aromatic rings. The van der Waals surface area contributed by atoms with Crippen molar-refractivity contribution in [2.45, 2.75) is 37.9 Å². The van der Waals surface area contributed by atoms with Gasteiger partial charge in [-0.15, -0.1) is 11.6 Å². The van der Waals surface area contributed by atoms with Crippen LogP contribution in [0.15, 0.2) is 22.7 Å². The molecule has 0 radical (unpaired) electrons. The summed E-state index contributed by atoms with van der Waals surface area (Å²) in [6, 6.07) is 4.28. The standard InChI is InChI=1S/C14H16BrClF3N/c15-12-9-10(14(17,18)19)5-6-13(12)20(8-2-7-16)11-3-1-4-11/h5-6,9,11H,1-4,7-8H2. The fourth-order valence-electron chi connectivity index (χ4n) is 2.34. The molecule has 0 bridgehead atoms. The number of halogens is 5. The largest absolute Gasteiger partial charge is 0.416 e. The molecule has 0 aromatic heterocycles. The van der Waals surface area contributed by atoms with Crippen LogP contribution < -0.4 is 4.90 Å². The number of benzene rings is 1. The molecule has 0 spiro atoms. The fraction of sp³-hybridized carbons (Fsp3) is 0.571. The van der Waals surface area contributed by atoms with Gasteiger partial charge in [-0.3, -0.25) is 0 Å². The zero-order chi connectivity index (χ0) is 14.8. The number of hydrogen-bond acceptors (Lipinski definition) is 1. The Labute approximate surface area is 130 Å². The third-order valence-corrected chi connectivity index (χ3v) is 4.53. The Morgan fingerprint density at radius 2 is 2.00 bits per heavy atom. The zero-order valence-electron chi connectivity index (χ0n) is 10.9. The first-order valence-corrected chi connectivity index (χ1v) is 7.95. The summed E-state index contributed by atoms with van der Waals surface area (Å²) in [4.78, 5) is 2.18. The molecule has 1 aromatic carbocycles. The van der Waals surface area contributed by atoms with E-state index in [9.17, 15) is 13.2 Å². The van der Waals surface area contributed by atoms with Crippen molar-refractivity contribution in [2.24, 2.45) is 0 Å². The Bertz CT molecular complexity index is 460. The van der Waals surface area contributed by atoms with Gasteiger partial charge in [-0.05, 0) is 59.8 Å². The van der Waals surface area contributed by atoms with Gasteiger partial charge in [-0.1, -0.05) is 0 Å². The van der Waals surface area contributed by atoms with Gasteiger partial charge in [-0.2, -0.15) is 13.2 Å². The molecule has 1 aliphatic rings. The van der Waals surface area contributed by atoms with E-state index in [0.29, 0.717) is 16.4 Å². The van der Waals surface area contributed by atoms with Crippen molar-refractivity contribution in [3.8, 4) is 0 Å². The molecule has 1 nitrogen and oxygen atoms in total. The van der Waals surface area contributed by atoms with E-state index in [1.54, 1.807) is 6.07 Å². The molecule has 112 valence electrons. The van der Waals surface area contributed by atoms with E-state index in [0.717, 1.165) is 43.6 Å². The second-order valence-electron chi connectivity index (χ2n) is 4.98. The van der Waals surface area contributed by atoms with E-state index in [4.69, 9.17) is 11.6 Å². The first-order valence-electron chi connectivity index (χ1n) is 6.63. The Kier molecular flexibility index (Phi) is 5.24. The minimum Gasteiger partial charge on any atom is -0.368 e. The van der Waals surface area contributed by atoms with Crippen molar-refractivity contribution in [1.82, 2.24) is 0 Å². The summed E-state index contributed by atoms with van der Waals surface area (Å²) in [6.45, 7) is 0.776. The Hall–Kier alpha value is -0.420. The summed E-state index contributed by atoms with van der Waals surface area (Å²) in [5.74, 6) is 0.557. The van der Waals surface area contributed by atoms with Crippen LogP contribution in [0, 0.1) is 0 Å². The van der Waals surface area contributed by atoms with E-state index < -0.39 is 11.7 Å². The molecule has 0 heterocycles. The topological polar surface area (TPSA) is 3.24 Å². The molecule has 0 aliphatic heterocycles. The van der Waals surface area contributed by atoms with Crippen LogP contribution in [0.25, 0.3) is 0 Å². The van der Waals surface area contributed by atoms with Gasteiger partial charge in [0.05, 0.1) is 11.3 Å². The molecule has 1 fully saturated rings. The molecule has 1 saturated carbocycles. The number of hydrogen-bond donors (Lipinski definition) is 0. The van der Waals surface area contributed by atoms with E-state index >= 15 is 0 Å². The van der Waals surface area contributed by atoms with Crippen LogP contribution in [0.3, 0.4) is 0 Å². The summed E-state index contributed by atoms with van der Waals surface area (Å²) < 4.78 is 38.6. The normalized spacial score (nSPS) is 16.1. The van der Waals surface area contributed by atoms with Gasteiger partial charge < -0.3 is 4.90 Å². The summed E-state index contributed by atoms with van der Waals surface area (Å²) in [5, 5.41) is 0. The summed E-state index contributed by atoms with van der Waals surface area (Å²) >= 11 is 9.02. The van der Waals surface area contributed by atoms with Crippen LogP contribution in [0.1, 0.15) is 31.2 Å². The minimum absolute atomic E-state index is 0.422. The highest BCUT2D eigenvalue weighted by molar-refractivity contribution is 9.10. The first kappa shape index (κ1) is 16.0. The van der Waals surface area contributed by atoms with Crippen LogP contribution in [0.2, 0.25) is 0 Å². The van der Waals surface area contributed by atoms with Gasteiger partial charge in [0.15, 0.2) is 0 Å². The molecule has 1 aliphatic carbocycles. The highest BCUT2D eigenvalue weighted by atomic mass is 79.9. The Balaban J connectivity index is 2.24. The lowest BCUT2D eigenvalue weighted by Crippen LogP contribution is -2.41. The van der Waals surface area contributed by atoms with E-state index in [1.165, 1.54) is 6.42 Å². The fourth-order valence-corrected chi connectivity index (χ4v) is 3.07. The van der Waals surface area contributed by atoms with Crippen LogP contribution in [0.4, 0.5) is 18.9 Å². The maximum atomic E-state index is 12.7. The quantitative estimate of drug-likeness (QED) is 0.622. The maximum Gasteiger partial charge on any atom is 0.416 e. The molecule has 0 unspecified atom stereocenters. The van der Waals surface area contributed by atoms with E-state index in [-0.39, 0.29) is 0 Å². The number of nitrogens with zero attached hydrogens (tertiary/aromatic N) is 1. The smallest absolute Gasteiger partial charge is 0.368 e. The van der Waals surface area contributed by atoms with Crippen LogP contribution in [0.5, 0.6) is 0 Å². The summed E-state index contributed by atoms with van der Waals surface area (Å²) in [7, 11) is 0. The van der Waals surface area contributed by atoms with E-state index in [1.807, 2.05) is 0 Å². The Morgan fingerprint density at radius 3 is 2.45 bits per heavy atom. The molecular formula is C14H16BrClF3N. The average Bonchev–Trinajstić information content (AvgIpc) is 2.31. The highest BCUT2D eigenvalue weighted by Gasteiger charge is 2.32. The summed E-state index contributed by atoms with van der Waals surface area (Å²) in [5.41, 5.74) is 0.201. The van der Waals surface area contributed by atoms with Crippen molar-refractivity contribution in [1.29, 1.82) is 0 Å². The third kappa shape index (κ3) is 3.61. The Morgan fingerprint density at radius 1 is 1.30 bits per heavy atom. The van der Waals surface area contributed by atoms with Crippen LogP contribution in [-0.2, 0) is 6.18 Å². The molecule has 0 N–H and O–H groups in total. The summed E-state index contributed by atoms with van der Waals surface area (Å²) in [6.07, 6.45) is -0.115. The van der Waals surface area contributed by atoms with E-state index in [2.05, 4.69) is 20.8 Å². The minimum atomic E-state index is -4.31. The van der Waals surface area contributed by atoms with Gasteiger partial charge in [0.1, 0.15) is 0 Å². The lowest BCUT2D eigenvalue weighted by molar-refractivity contribution is -0.137. The van der Waals surface area contributed by atoms with Crippen molar-refractivity contribution in [3.05, 3.63) is 28.2 Å². The first-order chi connectivity index (χ1) is 9.43. The van der Waals surface area contributed by atoms with Crippen LogP contribution in [-0.4, -0.2) is 18.5 Å². The molecule has 0 amide bonds. The SMILES string of the molecule is FC(F)(F)c1ccc(N(CCCCl)C2CCC2)c(Br)c1. The van der Waals surface area contributed by atoms with Gasteiger partial charge in [0, 0.05) is 22.9 Å². The second-order valence-corrected chi connectivity index (χ2v) is 6.22. The van der Waals surface area contributed by atoms with Crippen LogP contribution >= 0.6 is 27.5 Å². The maximum absolute atomic E-state index is 12.7.